The molecule has 1 aromatic heterocycles. The van der Waals surface area contributed by atoms with Gasteiger partial charge in [0.1, 0.15) is 6.07 Å². The molecule has 0 aliphatic heterocycles. The first-order valence-electron chi connectivity index (χ1n) is 7.94. The van der Waals surface area contributed by atoms with Gasteiger partial charge in [-0.05, 0) is 29.8 Å². The fourth-order valence-electron chi connectivity index (χ4n) is 2.88. The highest BCUT2D eigenvalue weighted by molar-refractivity contribution is 5.91. The molecular formula is C19H16N4O4. The standard InChI is InChI=1S/C19H16N4O4/c1-22-15-7-5-4-6-14(15)21-19(22)13(11-20)8-12-9-16(23(24)25)18(27-3)17(10-12)26-2/h4-10H,1-3H3/b13-8-. The molecule has 0 bridgehead atoms. The van der Waals surface area contributed by atoms with E-state index in [-0.39, 0.29) is 22.8 Å². The Hall–Kier alpha value is -3.86. The lowest BCUT2D eigenvalue weighted by Crippen LogP contribution is -1.99. The summed E-state index contributed by atoms with van der Waals surface area (Å²) in [6.07, 6.45) is 1.54. The van der Waals surface area contributed by atoms with Gasteiger partial charge in [0.05, 0.1) is 35.7 Å². The summed E-state index contributed by atoms with van der Waals surface area (Å²) in [4.78, 5) is 15.3. The average molecular weight is 364 g/mol. The quantitative estimate of drug-likeness (QED) is 0.389. The third-order valence-corrected chi connectivity index (χ3v) is 4.14. The lowest BCUT2D eigenvalue weighted by Gasteiger charge is -2.09. The van der Waals surface area contributed by atoms with E-state index in [0.29, 0.717) is 11.4 Å². The molecule has 8 heteroatoms. The maximum atomic E-state index is 11.4. The number of ether oxygens (including phenoxy) is 2. The van der Waals surface area contributed by atoms with Crippen LogP contribution in [0.25, 0.3) is 22.7 Å². The number of aromatic nitrogens is 2. The van der Waals surface area contributed by atoms with E-state index in [4.69, 9.17) is 9.47 Å². The molecule has 3 rings (SSSR count). The average Bonchev–Trinajstić information content (AvgIpc) is 3.02. The van der Waals surface area contributed by atoms with Crippen LogP contribution in [0.2, 0.25) is 0 Å². The molecule has 0 aliphatic carbocycles. The van der Waals surface area contributed by atoms with Gasteiger partial charge in [-0.3, -0.25) is 10.1 Å². The van der Waals surface area contributed by atoms with Crippen molar-refractivity contribution in [3.05, 3.63) is 57.9 Å². The zero-order chi connectivity index (χ0) is 19.6. The minimum atomic E-state index is -0.556. The van der Waals surface area contributed by atoms with E-state index in [9.17, 15) is 15.4 Å². The molecule has 8 nitrogen and oxygen atoms in total. The number of aryl methyl sites for hydroxylation is 1. The Bertz CT molecular complexity index is 1110. The van der Waals surface area contributed by atoms with Crippen molar-refractivity contribution >= 4 is 28.4 Å². The topological polar surface area (TPSA) is 103 Å². The minimum absolute atomic E-state index is 0.0286. The number of nitrogens with zero attached hydrogens (tertiary/aromatic N) is 4. The van der Waals surface area contributed by atoms with Gasteiger partial charge in [0, 0.05) is 13.1 Å². The van der Waals surface area contributed by atoms with Gasteiger partial charge in [-0.15, -0.1) is 0 Å². The summed E-state index contributed by atoms with van der Waals surface area (Å²) in [5.41, 5.74) is 2.10. The highest BCUT2D eigenvalue weighted by Gasteiger charge is 2.21. The number of methoxy groups -OCH3 is 2. The predicted molar refractivity (Wildman–Crippen MR) is 100 cm³/mol. The second-order valence-electron chi connectivity index (χ2n) is 5.69. The lowest BCUT2D eigenvalue weighted by molar-refractivity contribution is -0.385. The number of para-hydroxylation sites is 2. The number of hydrogen-bond acceptors (Lipinski definition) is 6. The minimum Gasteiger partial charge on any atom is -0.493 e. The first-order chi connectivity index (χ1) is 13.0. The van der Waals surface area contributed by atoms with Crippen LogP contribution in [0, 0.1) is 21.4 Å². The van der Waals surface area contributed by atoms with Crippen LogP contribution in [0.3, 0.4) is 0 Å². The van der Waals surface area contributed by atoms with Crippen LogP contribution in [0.1, 0.15) is 11.4 Å². The van der Waals surface area contributed by atoms with E-state index >= 15 is 0 Å². The largest absolute Gasteiger partial charge is 0.493 e. The van der Waals surface area contributed by atoms with E-state index in [1.165, 1.54) is 26.4 Å². The van der Waals surface area contributed by atoms with E-state index in [0.717, 1.165) is 11.0 Å². The Labute approximate surface area is 155 Å². The van der Waals surface area contributed by atoms with Gasteiger partial charge in [-0.1, -0.05) is 12.1 Å². The Morgan fingerprint density at radius 1 is 1.30 bits per heavy atom. The van der Waals surface area contributed by atoms with Crippen LogP contribution in [0.5, 0.6) is 11.5 Å². The molecule has 136 valence electrons. The zero-order valence-electron chi connectivity index (χ0n) is 15.0. The summed E-state index contributed by atoms with van der Waals surface area (Å²) < 4.78 is 12.1. The fraction of sp³-hybridized carbons (Fsp3) is 0.158. The molecule has 0 radical (unpaired) electrons. The third-order valence-electron chi connectivity index (χ3n) is 4.14. The number of rotatable bonds is 5. The number of fused-ring (bicyclic) bond motifs is 1. The first-order valence-corrected chi connectivity index (χ1v) is 7.94. The summed E-state index contributed by atoms with van der Waals surface area (Å²) in [5, 5.41) is 21.0. The Morgan fingerprint density at radius 3 is 2.63 bits per heavy atom. The predicted octanol–water partition coefficient (Wildman–Crippen LogP) is 3.56. The van der Waals surface area contributed by atoms with Crippen LogP contribution in [-0.4, -0.2) is 28.7 Å². The Balaban J connectivity index is 2.18. The number of nitro groups is 1. The fourth-order valence-corrected chi connectivity index (χ4v) is 2.88. The van der Waals surface area contributed by atoms with Crippen LogP contribution in [0.4, 0.5) is 5.69 Å². The summed E-state index contributed by atoms with van der Waals surface area (Å²) in [6, 6.07) is 12.5. The van der Waals surface area contributed by atoms with Gasteiger partial charge in [-0.25, -0.2) is 4.98 Å². The van der Waals surface area contributed by atoms with Crippen molar-refractivity contribution < 1.29 is 14.4 Å². The van der Waals surface area contributed by atoms with Crippen molar-refractivity contribution in [2.45, 2.75) is 0 Å². The first kappa shape index (κ1) is 17.9. The molecule has 0 atom stereocenters. The Morgan fingerprint density at radius 2 is 2.04 bits per heavy atom. The van der Waals surface area contributed by atoms with Crippen molar-refractivity contribution in [3.63, 3.8) is 0 Å². The van der Waals surface area contributed by atoms with Gasteiger partial charge in [0.25, 0.3) is 0 Å². The summed E-state index contributed by atoms with van der Waals surface area (Å²) in [5.74, 6) is 0.706. The molecule has 1 heterocycles. The number of nitriles is 1. The Kier molecular flexibility index (Phi) is 4.77. The van der Waals surface area contributed by atoms with Gasteiger partial charge < -0.3 is 14.0 Å². The van der Waals surface area contributed by atoms with Crippen molar-refractivity contribution in [1.29, 1.82) is 5.26 Å². The highest BCUT2D eigenvalue weighted by atomic mass is 16.6. The molecule has 0 saturated carbocycles. The molecule has 0 amide bonds. The SMILES string of the molecule is COc1cc(/C=C(/C#N)c2nc3ccccc3n2C)cc([N+](=O)[O-])c1OC. The highest BCUT2D eigenvalue weighted by Crippen LogP contribution is 2.38. The van der Waals surface area contributed by atoms with E-state index in [1.807, 2.05) is 31.3 Å². The molecule has 0 spiro atoms. The second-order valence-corrected chi connectivity index (χ2v) is 5.69. The van der Waals surface area contributed by atoms with Crippen molar-refractivity contribution in [2.75, 3.05) is 14.2 Å². The van der Waals surface area contributed by atoms with E-state index in [2.05, 4.69) is 11.1 Å². The molecule has 27 heavy (non-hydrogen) atoms. The number of nitro benzene ring substituents is 1. The smallest absolute Gasteiger partial charge is 0.315 e. The number of allylic oxidation sites excluding steroid dienone is 1. The molecule has 0 unspecified atom stereocenters. The van der Waals surface area contributed by atoms with E-state index in [1.54, 1.807) is 10.6 Å². The van der Waals surface area contributed by atoms with Crippen LogP contribution < -0.4 is 9.47 Å². The van der Waals surface area contributed by atoms with Gasteiger partial charge in [0.15, 0.2) is 11.6 Å². The molecule has 0 N–H and O–H groups in total. The van der Waals surface area contributed by atoms with Crippen molar-refractivity contribution in [3.8, 4) is 17.6 Å². The summed E-state index contributed by atoms with van der Waals surface area (Å²) in [7, 11) is 4.54. The number of imidazole rings is 1. The maximum Gasteiger partial charge on any atom is 0.315 e. The van der Waals surface area contributed by atoms with Crippen LogP contribution in [-0.2, 0) is 7.05 Å². The molecule has 0 aliphatic rings. The maximum absolute atomic E-state index is 11.4. The van der Waals surface area contributed by atoms with Crippen LogP contribution >= 0.6 is 0 Å². The van der Waals surface area contributed by atoms with Gasteiger partial charge >= 0.3 is 5.69 Å². The van der Waals surface area contributed by atoms with Crippen LogP contribution in [0.15, 0.2) is 36.4 Å². The number of benzene rings is 2. The molecule has 2 aromatic carbocycles. The normalized spacial score (nSPS) is 11.3. The van der Waals surface area contributed by atoms with Crippen molar-refractivity contribution in [1.82, 2.24) is 9.55 Å². The second kappa shape index (κ2) is 7.17. The summed E-state index contributed by atoms with van der Waals surface area (Å²) >= 11 is 0. The molecule has 0 saturated heterocycles. The lowest BCUT2D eigenvalue weighted by atomic mass is 10.1. The summed E-state index contributed by atoms with van der Waals surface area (Å²) in [6.45, 7) is 0. The van der Waals surface area contributed by atoms with Gasteiger partial charge in [0.2, 0.25) is 5.75 Å². The van der Waals surface area contributed by atoms with E-state index < -0.39 is 4.92 Å². The molecule has 0 fully saturated rings. The molecular weight excluding hydrogens is 348 g/mol. The molecule has 3 aromatic rings. The zero-order valence-corrected chi connectivity index (χ0v) is 15.0. The van der Waals surface area contributed by atoms with Crippen molar-refractivity contribution in [2.24, 2.45) is 7.05 Å². The monoisotopic (exact) mass is 364 g/mol. The van der Waals surface area contributed by atoms with Gasteiger partial charge in [-0.2, -0.15) is 5.26 Å². The number of hydrogen-bond donors (Lipinski definition) is 0. The third kappa shape index (κ3) is 3.18.